The Bertz CT molecular complexity index is 1010. The molecule has 2 aliphatic rings. The van der Waals surface area contributed by atoms with Crippen LogP contribution in [0.1, 0.15) is 40.5 Å². The van der Waals surface area contributed by atoms with Crippen molar-refractivity contribution in [3.63, 3.8) is 0 Å². The zero-order valence-corrected chi connectivity index (χ0v) is 23.2. The summed E-state index contributed by atoms with van der Waals surface area (Å²) in [5.41, 5.74) is 0.574. The van der Waals surface area contributed by atoms with Gasteiger partial charge in [-0.05, 0) is 40.5 Å². The van der Waals surface area contributed by atoms with Crippen LogP contribution in [0.2, 0.25) is 0 Å². The van der Waals surface area contributed by atoms with Gasteiger partial charge in [-0.3, -0.25) is 0 Å². The maximum absolute atomic E-state index is 14.4. The summed E-state index contributed by atoms with van der Waals surface area (Å²) >= 11 is 0. The van der Waals surface area contributed by atoms with E-state index in [1.54, 1.807) is 7.11 Å². The van der Waals surface area contributed by atoms with Gasteiger partial charge in [0.05, 0.1) is 43.2 Å². The summed E-state index contributed by atoms with van der Waals surface area (Å²) in [6.45, 7) is 10.1. The molecule has 36 heavy (non-hydrogen) atoms. The highest BCUT2D eigenvalue weighted by atomic mass is 31.2. The summed E-state index contributed by atoms with van der Waals surface area (Å²) in [6, 6.07) is 19.6. The number of ether oxygens (including phenoxy) is 4. The molecule has 1 aliphatic carbocycles. The lowest BCUT2D eigenvalue weighted by Crippen LogP contribution is -2.58. The Morgan fingerprint density at radius 1 is 1.08 bits per heavy atom. The van der Waals surface area contributed by atoms with Gasteiger partial charge in [0.25, 0.3) is 0 Å². The minimum Gasteiger partial charge on any atom is -0.378 e. The summed E-state index contributed by atoms with van der Waals surface area (Å²) in [5.74, 6) is 0.0364. The molecule has 2 aromatic rings. The second-order valence-corrected chi connectivity index (χ2v) is 13.8. The van der Waals surface area contributed by atoms with E-state index >= 15 is 0 Å². The van der Waals surface area contributed by atoms with Crippen LogP contribution in [-0.2, 0) is 23.5 Å². The molecule has 0 radical (unpaired) electrons. The van der Waals surface area contributed by atoms with Crippen LogP contribution in [0.3, 0.4) is 0 Å². The predicted molar refractivity (Wildman–Crippen MR) is 146 cm³/mol. The van der Waals surface area contributed by atoms with Gasteiger partial charge < -0.3 is 23.5 Å². The largest absolute Gasteiger partial charge is 0.378 e. The van der Waals surface area contributed by atoms with Gasteiger partial charge in [0, 0.05) is 29.8 Å². The van der Waals surface area contributed by atoms with Crippen molar-refractivity contribution in [2.24, 2.45) is 5.92 Å². The van der Waals surface area contributed by atoms with Crippen LogP contribution in [-0.4, -0.2) is 56.5 Å². The summed E-state index contributed by atoms with van der Waals surface area (Å²) in [6.07, 6.45) is 4.02. The standard InChI is InChI=1S/C30H41O5P/c1-23(2)17-19-34-29(3,4)28-27(32-5)26(16-18-30(28)22-35-30)33-20-21-36(31,24-12-8-6-9-13-24)25-14-10-7-11-15-25/h6-15,17,26-28H,16,18-22H2,1-5H3/t26-,27-,28-,30+/m1/s1. The molecule has 0 bridgehead atoms. The van der Waals surface area contributed by atoms with Crippen LogP contribution in [0.5, 0.6) is 0 Å². The lowest BCUT2D eigenvalue weighted by molar-refractivity contribution is -0.182. The number of hydrogen-bond donors (Lipinski definition) is 0. The van der Waals surface area contributed by atoms with Gasteiger partial charge in [-0.25, -0.2) is 0 Å². The molecule has 4 rings (SSSR count). The van der Waals surface area contributed by atoms with Crippen molar-refractivity contribution in [1.29, 1.82) is 0 Å². The fourth-order valence-corrected chi connectivity index (χ4v) is 8.21. The Labute approximate surface area is 216 Å². The summed E-state index contributed by atoms with van der Waals surface area (Å²) in [7, 11) is -1.08. The fraction of sp³-hybridized carbons (Fsp3) is 0.533. The van der Waals surface area contributed by atoms with Crippen LogP contribution in [0, 0.1) is 5.92 Å². The molecular formula is C30H41O5P. The first kappa shape index (κ1) is 27.3. The van der Waals surface area contributed by atoms with E-state index in [0.717, 1.165) is 30.1 Å². The van der Waals surface area contributed by atoms with Gasteiger partial charge >= 0.3 is 0 Å². The van der Waals surface area contributed by atoms with E-state index in [-0.39, 0.29) is 23.7 Å². The second-order valence-electron chi connectivity index (χ2n) is 10.8. The molecule has 0 amide bonds. The minimum atomic E-state index is -2.83. The lowest BCUT2D eigenvalue weighted by atomic mass is 9.68. The average Bonchev–Trinajstić information content (AvgIpc) is 3.64. The molecule has 196 valence electrons. The highest BCUT2D eigenvalue weighted by molar-refractivity contribution is 7.78. The number of epoxide rings is 1. The Morgan fingerprint density at radius 3 is 2.17 bits per heavy atom. The van der Waals surface area contributed by atoms with Crippen molar-refractivity contribution < 1.29 is 23.5 Å². The van der Waals surface area contributed by atoms with Gasteiger partial charge in [-0.15, -0.1) is 0 Å². The first-order chi connectivity index (χ1) is 17.2. The Balaban J connectivity index is 1.49. The number of rotatable bonds is 11. The minimum absolute atomic E-state index is 0.0364. The summed E-state index contributed by atoms with van der Waals surface area (Å²) in [5, 5.41) is 1.73. The molecule has 6 heteroatoms. The molecule has 4 atom stereocenters. The molecular weight excluding hydrogens is 471 g/mol. The maximum Gasteiger partial charge on any atom is 0.145 e. The third-order valence-corrected chi connectivity index (χ3v) is 10.8. The van der Waals surface area contributed by atoms with Gasteiger partial charge in [0.2, 0.25) is 0 Å². The van der Waals surface area contributed by atoms with Crippen LogP contribution in [0.15, 0.2) is 72.3 Å². The van der Waals surface area contributed by atoms with Crippen LogP contribution >= 0.6 is 7.14 Å². The van der Waals surface area contributed by atoms with Gasteiger partial charge in [0.15, 0.2) is 0 Å². The van der Waals surface area contributed by atoms with E-state index in [2.05, 4.69) is 33.8 Å². The number of hydrogen-bond acceptors (Lipinski definition) is 5. The molecule has 0 unspecified atom stereocenters. The summed E-state index contributed by atoms with van der Waals surface area (Å²) in [4.78, 5) is 0. The number of methoxy groups -OCH3 is 1. The van der Waals surface area contributed by atoms with E-state index in [1.807, 2.05) is 60.7 Å². The SMILES string of the molecule is CO[C@H]1[C@H](C(C)(C)OCC=C(C)C)[C@]2(CC[C@H]1OCCP(=O)(c1ccccc1)c1ccccc1)CO2. The van der Waals surface area contributed by atoms with Gasteiger partial charge in [0.1, 0.15) is 7.14 Å². The van der Waals surface area contributed by atoms with E-state index in [0.29, 0.717) is 19.4 Å². The van der Waals surface area contributed by atoms with E-state index < -0.39 is 12.7 Å². The van der Waals surface area contributed by atoms with Gasteiger partial charge in [-0.1, -0.05) is 72.3 Å². The first-order valence-corrected chi connectivity index (χ1v) is 14.9. The average molecular weight is 513 g/mol. The Kier molecular flexibility index (Phi) is 8.59. The van der Waals surface area contributed by atoms with E-state index in [1.165, 1.54) is 5.57 Å². The van der Waals surface area contributed by atoms with Gasteiger partial charge in [-0.2, -0.15) is 0 Å². The van der Waals surface area contributed by atoms with E-state index in [4.69, 9.17) is 18.9 Å². The summed E-state index contributed by atoms with van der Waals surface area (Å²) < 4.78 is 39.4. The van der Waals surface area contributed by atoms with Crippen molar-refractivity contribution >= 4 is 17.8 Å². The van der Waals surface area contributed by atoms with E-state index in [9.17, 15) is 4.57 Å². The molecule has 0 aromatic heterocycles. The third kappa shape index (κ3) is 5.87. The molecule has 1 saturated heterocycles. The fourth-order valence-electron chi connectivity index (χ4n) is 5.72. The molecule has 1 spiro atoms. The van der Waals surface area contributed by atoms with Crippen molar-refractivity contribution in [1.82, 2.24) is 0 Å². The van der Waals surface area contributed by atoms with Crippen molar-refractivity contribution in [2.75, 3.05) is 33.1 Å². The highest BCUT2D eigenvalue weighted by Gasteiger charge is 2.63. The van der Waals surface area contributed by atoms with Crippen molar-refractivity contribution in [2.45, 2.75) is 63.9 Å². The normalized spacial score (nSPS) is 26.1. The Morgan fingerprint density at radius 2 is 1.67 bits per heavy atom. The molecule has 0 N–H and O–H groups in total. The maximum atomic E-state index is 14.4. The quantitative estimate of drug-likeness (QED) is 0.231. The van der Waals surface area contributed by atoms with Crippen molar-refractivity contribution in [3.05, 3.63) is 72.3 Å². The van der Waals surface area contributed by atoms with Crippen LogP contribution < -0.4 is 10.6 Å². The second kappa shape index (κ2) is 11.3. The Hall–Kier alpha value is -1.75. The monoisotopic (exact) mass is 512 g/mol. The highest BCUT2D eigenvalue weighted by Crippen LogP contribution is 2.53. The first-order valence-electron chi connectivity index (χ1n) is 13.0. The number of benzene rings is 2. The smallest absolute Gasteiger partial charge is 0.145 e. The topological polar surface area (TPSA) is 57.3 Å². The molecule has 2 fully saturated rings. The number of allylic oxidation sites excluding steroid dienone is 1. The molecule has 2 aromatic carbocycles. The zero-order valence-electron chi connectivity index (χ0n) is 22.3. The molecule has 1 saturated carbocycles. The van der Waals surface area contributed by atoms with Crippen LogP contribution in [0.4, 0.5) is 0 Å². The third-order valence-electron chi connectivity index (χ3n) is 7.68. The molecule has 1 heterocycles. The predicted octanol–water partition coefficient (Wildman–Crippen LogP) is 5.34. The molecule has 1 aliphatic heterocycles. The molecule has 5 nitrogen and oxygen atoms in total. The lowest BCUT2D eigenvalue weighted by Gasteiger charge is -2.48. The van der Waals surface area contributed by atoms with Crippen molar-refractivity contribution in [3.8, 4) is 0 Å². The van der Waals surface area contributed by atoms with Crippen LogP contribution in [0.25, 0.3) is 0 Å². The zero-order chi connectivity index (χ0) is 25.8.